The molecule has 0 aliphatic carbocycles. The van der Waals surface area contributed by atoms with Crippen LogP contribution in [0.4, 0.5) is 0 Å². The van der Waals surface area contributed by atoms with Crippen molar-refractivity contribution in [1.82, 2.24) is 5.32 Å². The Balaban J connectivity index is 3.47. The molecular weight excluding hydrogens is 282 g/mol. The van der Waals surface area contributed by atoms with Gasteiger partial charge < -0.3 is 19.9 Å². The molecule has 2 N–H and O–H groups in total. The van der Waals surface area contributed by atoms with E-state index in [0.717, 1.165) is 19.4 Å². The fourth-order valence-electron chi connectivity index (χ4n) is 1.59. The first kappa shape index (κ1) is 19.8. The standard InChI is InChI=1S/C13H29NO5S/c1-4-5-6-18-7-8-19-10-13(15)9-14-12(2)11-20(3,16)17/h12-15H,4-11H2,1-3H3. The lowest BCUT2D eigenvalue weighted by Crippen LogP contribution is -2.39. The van der Waals surface area contributed by atoms with Gasteiger partial charge in [-0.2, -0.15) is 0 Å². The maximum Gasteiger partial charge on any atom is 0.148 e. The molecule has 0 aliphatic heterocycles. The second-order valence-corrected chi connectivity index (χ2v) is 7.28. The van der Waals surface area contributed by atoms with Crippen LogP contribution in [0.2, 0.25) is 0 Å². The predicted octanol–water partition coefficient (Wildman–Crippen LogP) is 0.203. The van der Waals surface area contributed by atoms with Crippen molar-refractivity contribution in [2.75, 3.05) is 45.0 Å². The summed E-state index contributed by atoms with van der Waals surface area (Å²) in [6.45, 7) is 6.14. The number of hydrogen-bond acceptors (Lipinski definition) is 6. The Morgan fingerprint density at radius 3 is 2.45 bits per heavy atom. The van der Waals surface area contributed by atoms with Crippen LogP contribution in [0.1, 0.15) is 26.7 Å². The molecule has 0 radical (unpaired) electrons. The topological polar surface area (TPSA) is 84.9 Å². The number of aliphatic hydroxyl groups is 1. The Hall–Kier alpha value is -0.210. The smallest absolute Gasteiger partial charge is 0.148 e. The zero-order valence-electron chi connectivity index (χ0n) is 12.8. The molecule has 0 rings (SSSR count). The molecular formula is C13H29NO5S. The van der Waals surface area contributed by atoms with Crippen LogP contribution in [0.15, 0.2) is 0 Å². The van der Waals surface area contributed by atoms with Gasteiger partial charge in [-0.05, 0) is 13.3 Å². The van der Waals surface area contributed by atoms with Gasteiger partial charge in [0.05, 0.1) is 31.7 Å². The lowest BCUT2D eigenvalue weighted by molar-refractivity contribution is 0.00348. The Morgan fingerprint density at radius 2 is 1.85 bits per heavy atom. The van der Waals surface area contributed by atoms with Crippen LogP contribution in [-0.4, -0.2) is 70.7 Å². The van der Waals surface area contributed by atoms with E-state index < -0.39 is 15.9 Å². The lowest BCUT2D eigenvalue weighted by atomic mass is 10.3. The van der Waals surface area contributed by atoms with E-state index in [4.69, 9.17) is 9.47 Å². The molecule has 0 fully saturated rings. The third-order valence-electron chi connectivity index (χ3n) is 2.58. The van der Waals surface area contributed by atoms with Gasteiger partial charge in [0.2, 0.25) is 0 Å². The minimum atomic E-state index is -3.00. The van der Waals surface area contributed by atoms with Crippen molar-refractivity contribution in [2.24, 2.45) is 0 Å². The third-order valence-corrected chi connectivity index (χ3v) is 3.68. The van der Waals surface area contributed by atoms with Crippen LogP contribution in [-0.2, 0) is 19.3 Å². The highest BCUT2D eigenvalue weighted by molar-refractivity contribution is 7.90. The van der Waals surface area contributed by atoms with E-state index in [-0.39, 0.29) is 18.4 Å². The van der Waals surface area contributed by atoms with Crippen LogP contribution in [0, 0.1) is 0 Å². The van der Waals surface area contributed by atoms with Crippen LogP contribution in [0.25, 0.3) is 0 Å². The first-order valence-corrected chi connectivity index (χ1v) is 9.16. The fourth-order valence-corrected chi connectivity index (χ4v) is 2.62. The first-order valence-electron chi connectivity index (χ1n) is 7.09. The van der Waals surface area contributed by atoms with E-state index in [1.54, 1.807) is 6.92 Å². The minimum absolute atomic E-state index is 0.0614. The van der Waals surface area contributed by atoms with Gasteiger partial charge in [-0.25, -0.2) is 8.42 Å². The molecule has 0 amide bonds. The van der Waals surface area contributed by atoms with Crippen LogP contribution in [0.5, 0.6) is 0 Å². The molecule has 0 aromatic rings. The summed E-state index contributed by atoms with van der Waals surface area (Å²) in [5.41, 5.74) is 0. The van der Waals surface area contributed by atoms with Gasteiger partial charge in [0.25, 0.3) is 0 Å². The molecule has 7 heteroatoms. The van der Waals surface area contributed by atoms with E-state index in [1.165, 1.54) is 6.26 Å². The van der Waals surface area contributed by atoms with Crippen LogP contribution >= 0.6 is 0 Å². The number of rotatable bonds is 13. The highest BCUT2D eigenvalue weighted by Gasteiger charge is 2.12. The lowest BCUT2D eigenvalue weighted by Gasteiger charge is -2.16. The molecule has 0 aromatic heterocycles. The summed E-state index contributed by atoms with van der Waals surface area (Å²) >= 11 is 0. The van der Waals surface area contributed by atoms with Gasteiger partial charge in [-0.15, -0.1) is 0 Å². The zero-order valence-corrected chi connectivity index (χ0v) is 13.6. The maximum atomic E-state index is 11.1. The molecule has 0 bridgehead atoms. The fraction of sp³-hybridized carbons (Fsp3) is 1.00. The monoisotopic (exact) mass is 311 g/mol. The molecule has 2 atom stereocenters. The van der Waals surface area contributed by atoms with Crippen molar-refractivity contribution >= 4 is 9.84 Å². The third kappa shape index (κ3) is 14.2. The highest BCUT2D eigenvalue weighted by atomic mass is 32.2. The van der Waals surface area contributed by atoms with Gasteiger partial charge in [0.15, 0.2) is 0 Å². The number of unbranched alkanes of at least 4 members (excludes halogenated alkanes) is 1. The van der Waals surface area contributed by atoms with Crippen molar-refractivity contribution in [1.29, 1.82) is 0 Å². The van der Waals surface area contributed by atoms with Crippen molar-refractivity contribution < 1.29 is 23.0 Å². The predicted molar refractivity (Wildman–Crippen MR) is 79.7 cm³/mol. The van der Waals surface area contributed by atoms with Gasteiger partial charge in [-0.3, -0.25) is 0 Å². The van der Waals surface area contributed by atoms with Gasteiger partial charge in [0.1, 0.15) is 9.84 Å². The number of aliphatic hydroxyl groups excluding tert-OH is 1. The second-order valence-electron chi connectivity index (χ2n) is 5.10. The van der Waals surface area contributed by atoms with E-state index in [2.05, 4.69) is 12.2 Å². The van der Waals surface area contributed by atoms with E-state index in [1.807, 2.05) is 0 Å². The molecule has 0 aliphatic rings. The largest absolute Gasteiger partial charge is 0.389 e. The summed E-state index contributed by atoms with van der Waals surface area (Å²) in [5.74, 6) is 0.0614. The molecule has 0 saturated heterocycles. The molecule has 20 heavy (non-hydrogen) atoms. The summed E-state index contributed by atoms with van der Waals surface area (Å²) < 4.78 is 32.7. The minimum Gasteiger partial charge on any atom is -0.389 e. The molecule has 0 heterocycles. The zero-order chi connectivity index (χ0) is 15.4. The Labute approximate surface area is 122 Å². The van der Waals surface area contributed by atoms with Crippen LogP contribution in [0.3, 0.4) is 0 Å². The number of hydrogen-bond donors (Lipinski definition) is 2. The summed E-state index contributed by atoms with van der Waals surface area (Å²) in [4.78, 5) is 0. The Kier molecular flexibility index (Phi) is 11.3. The molecule has 0 aromatic carbocycles. The highest BCUT2D eigenvalue weighted by Crippen LogP contribution is 1.92. The second kappa shape index (κ2) is 11.4. The molecule has 2 unspecified atom stereocenters. The van der Waals surface area contributed by atoms with E-state index in [9.17, 15) is 13.5 Å². The molecule has 6 nitrogen and oxygen atoms in total. The molecule has 0 spiro atoms. The molecule has 0 saturated carbocycles. The number of nitrogens with one attached hydrogen (secondary N) is 1. The van der Waals surface area contributed by atoms with Gasteiger partial charge in [0, 0.05) is 25.4 Å². The Bertz CT molecular complexity index is 321. The van der Waals surface area contributed by atoms with Crippen molar-refractivity contribution in [3.05, 3.63) is 0 Å². The SMILES string of the molecule is CCCCOCCOCC(O)CNC(C)CS(C)(=O)=O. The average Bonchev–Trinajstić information content (AvgIpc) is 2.33. The van der Waals surface area contributed by atoms with Gasteiger partial charge in [-0.1, -0.05) is 13.3 Å². The maximum absolute atomic E-state index is 11.1. The summed E-state index contributed by atoms with van der Waals surface area (Å²) in [5, 5.41) is 12.6. The van der Waals surface area contributed by atoms with Crippen molar-refractivity contribution in [3.8, 4) is 0 Å². The van der Waals surface area contributed by atoms with Crippen LogP contribution < -0.4 is 5.32 Å². The normalized spacial score (nSPS) is 15.2. The van der Waals surface area contributed by atoms with E-state index >= 15 is 0 Å². The Morgan fingerprint density at radius 1 is 1.20 bits per heavy atom. The first-order chi connectivity index (χ1) is 9.35. The van der Waals surface area contributed by atoms with Crippen molar-refractivity contribution in [2.45, 2.75) is 38.8 Å². The van der Waals surface area contributed by atoms with Crippen molar-refractivity contribution in [3.63, 3.8) is 0 Å². The summed E-state index contributed by atoms with van der Waals surface area (Å²) in [6, 6.07) is -0.183. The average molecular weight is 311 g/mol. The van der Waals surface area contributed by atoms with Gasteiger partial charge >= 0.3 is 0 Å². The quantitative estimate of drug-likeness (QED) is 0.473. The van der Waals surface area contributed by atoms with E-state index in [0.29, 0.717) is 19.8 Å². The molecule has 122 valence electrons. The summed E-state index contributed by atoms with van der Waals surface area (Å²) in [6.07, 6.45) is 2.71. The number of ether oxygens (including phenoxy) is 2. The summed E-state index contributed by atoms with van der Waals surface area (Å²) in [7, 11) is -3.00. The number of sulfone groups is 1.